The maximum atomic E-state index is 14.9. The number of hydrogen-bond donors (Lipinski definition) is 0. The van der Waals surface area contributed by atoms with Gasteiger partial charge in [0.15, 0.2) is 9.84 Å². The van der Waals surface area contributed by atoms with E-state index in [1.165, 1.54) is 55.8 Å². The third kappa shape index (κ3) is 5.43. The molecule has 0 bridgehead atoms. The van der Waals surface area contributed by atoms with Gasteiger partial charge in [0.25, 0.3) is 5.56 Å². The van der Waals surface area contributed by atoms with E-state index in [4.69, 9.17) is 4.74 Å². The summed E-state index contributed by atoms with van der Waals surface area (Å²) in [6, 6.07) is 10.5. The van der Waals surface area contributed by atoms with Crippen molar-refractivity contribution in [2.45, 2.75) is 36.1 Å². The van der Waals surface area contributed by atoms with Crippen LogP contribution < -0.4 is 10.3 Å². The first-order chi connectivity index (χ1) is 17.0. The molecule has 0 aliphatic carbocycles. The average molecular weight is 524 g/mol. The van der Waals surface area contributed by atoms with Crippen LogP contribution in [0.25, 0.3) is 16.6 Å². The SMILES string of the molecule is COc1cc(CCCC(F)(F)F)c(F)cc1-n1c(=O)ccc2cc(S(=O)(=O)Cc3ccon3)ccc21. The molecule has 0 saturated carbocycles. The van der Waals surface area contributed by atoms with Crippen LogP contribution in [-0.2, 0) is 22.0 Å². The van der Waals surface area contributed by atoms with Crippen molar-refractivity contribution in [3.05, 3.63) is 82.2 Å². The Morgan fingerprint density at radius 2 is 1.86 bits per heavy atom. The Bertz CT molecular complexity index is 1560. The van der Waals surface area contributed by atoms with Crippen molar-refractivity contribution in [3.8, 4) is 11.4 Å². The van der Waals surface area contributed by atoms with Gasteiger partial charge in [-0.1, -0.05) is 5.16 Å². The lowest BCUT2D eigenvalue weighted by Crippen LogP contribution is -2.19. The molecule has 36 heavy (non-hydrogen) atoms. The van der Waals surface area contributed by atoms with Crippen molar-refractivity contribution >= 4 is 20.7 Å². The second-order valence-electron chi connectivity index (χ2n) is 8.06. The van der Waals surface area contributed by atoms with E-state index in [0.29, 0.717) is 5.39 Å². The third-order valence-electron chi connectivity index (χ3n) is 5.55. The molecule has 2 aromatic heterocycles. The number of alkyl halides is 3. The molecule has 7 nitrogen and oxygen atoms in total. The number of ether oxygens (including phenoxy) is 1. The van der Waals surface area contributed by atoms with Crippen LogP contribution in [0.5, 0.6) is 5.75 Å². The average Bonchev–Trinajstić information content (AvgIpc) is 3.31. The smallest absolute Gasteiger partial charge is 0.389 e. The largest absolute Gasteiger partial charge is 0.495 e. The van der Waals surface area contributed by atoms with Crippen molar-refractivity contribution in [3.63, 3.8) is 0 Å². The van der Waals surface area contributed by atoms with Gasteiger partial charge in [0, 0.05) is 30.0 Å². The van der Waals surface area contributed by atoms with E-state index >= 15 is 0 Å². The molecule has 0 atom stereocenters. The summed E-state index contributed by atoms with van der Waals surface area (Å²) < 4.78 is 89.1. The van der Waals surface area contributed by atoms with Gasteiger partial charge in [-0.15, -0.1) is 0 Å². The van der Waals surface area contributed by atoms with Gasteiger partial charge in [-0.2, -0.15) is 13.2 Å². The van der Waals surface area contributed by atoms with E-state index in [-0.39, 0.29) is 51.7 Å². The van der Waals surface area contributed by atoms with E-state index in [1.807, 2.05) is 0 Å². The first-order valence-electron chi connectivity index (χ1n) is 10.7. The number of methoxy groups -OCH3 is 1. The quantitative estimate of drug-likeness (QED) is 0.302. The molecule has 0 N–H and O–H groups in total. The lowest BCUT2D eigenvalue weighted by atomic mass is 10.1. The van der Waals surface area contributed by atoms with Crippen molar-refractivity contribution in [2.75, 3.05) is 7.11 Å². The lowest BCUT2D eigenvalue weighted by molar-refractivity contribution is -0.135. The Morgan fingerprint density at radius 1 is 1.08 bits per heavy atom. The highest BCUT2D eigenvalue weighted by Crippen LogP contribution is 2.31. The second kappa shape index (κ2) is 9.76. The Balaban J connectivity index is 1.75. The Morgan fingerprint density at radius 3 is 2.53 bits per heavy atom. The lowest BCUT2D eigenvalue weighted by Gasteiger charge is -2.16. The number of fused-ring (bicyclic) bond motifs is 1. The molecule has 0 saturated heterocycles. The molecular weight excluding hydrogens is 504 g/mol. The predicted octanol–water partition coefficient (Wildman–Crippen LogP) is 4.99. The van der Waals surface area contributed by atoms with Crippen LogP contribution in [0.2, 0.25) is 0 Å². The summed E-state index contributed by atoms with van der Waals surface area (Å²) in [4.78, 5) is 12.8. The van der Waals surface area contributed by atoms with Gasteiger partial charge >= 0.3 is 6.18 Å². The summed E-state index contributed by atoms with van der Waals surface area (Å²) >= 11 is 0. The molecule has 190 valence electrons. The number of sulfone groups is 1. The highest BCUT2D eigenvalue weighted by molar-refractivity contribution is 7.90. The number of halogens is 4. The summed E-state index contributed by atoms with van der Waals surface area (Å²) in [6.07, 6.45) is -4.61. The molecule has 0 fully saturated rings. The third-order valence-corrected chi connectivity index (χ3v) is 7.20. The summed E-state index contributed by atoms with van der Waals surface area (Å²) in [5, 5.41) is 4.00. The molecule has 0 amide bonds. The number of nitrogens with zero attached hydrogens (tertiary/aromatic N) is 2. The zero-order chi connectivity index (χ0) is 26.1. The number of aromatic nitrogens is 2. The van der Waals surface area contributed by atoms with Gasteiger partial charge in [-0.25, -0.2) is 12.8 Å². The Labute approximate surface area is 202 Å². The van der Waals surface area contributed by atoms with Crippen molar-refractivity contribution in [2.24, 2.45) is 0 Å². The Kier molecular flexibility index (Phi) is 6.90. The highest BCUT2D eigenvalue weighted by Gasteiger charge is 2.26. The standard InChI is InChI=1S/C24H20F4N2O5S/c1-34-22-12-15(3-2-9-24(26,27)28)19(25)13-21(22)30-20-6-5-18(11-16(20)4-7-23(30)31)36(32,33)14-17-8-10-35-29-17/h4-8,10-13H,2-3,9,14H2,1H3. The Hall–Kier alpha value is -3.67. The second-order valence-corrected chi connectivity index (χ2v) is 10.1. The normalized spacial score (nSPS) is 12.2. The number of benzene rings is 2. The molecule has 0 aliphatic heterocycles. The summed E-state index contributed by atoms with van der Waals surface area (Å²) in [7, 11) is -2.49. The minimum absolute atomic E-state index is 0.0126. The molecule has 0 spiro atoms. The van der Waals surface area contributed by atoms with Crippen LogP contribution in [-0.4, -0.2) is 31.4 Å². The maximum absolute atomic E-state index is 14.9. The van der Waals surface area contributed by atoms with Crippen LogP contribution >= 0.6 is 0 Å². The number of hydrogen-bond acceptors (Lipinski definition) is 6. The number of pyridine rings is 1. The van der Waals surface area contributed by atoms with E-state index in [9.17, 15) is 30.8 Å². The fourth-order valence-electron chi connectivity index (χ4n) is 3.85. The predicted molar refractivity (Wildman–Crippen MR) is 122 cm³/mol. The van der Waals surface area contributed by atoms with Gasteiger partial charge in [0.1, 0.15) is 23.6 Å². The van der Waals surface area contributed by atoms with Crippen molar-refractivity contribution in [1.29, 1.82) is 0 Å². The van der Waals surface area contributed by atoms with Gasteiger partial charge in [-0.05, 0) is 48.7 Å². The van der Waals surface area contributed by atoms with E-state index < -0.39 is 33.8 Å². The molecular formula is C24H20F4N2O5S. The van der Waals surface area contributed by atoms with Gasteiger partial charge in [-0.3, -0.25) is 9.36 Å². The molecule has 4 aromatic rings. The van der Waals surface area contributed by atoms with Crippen LogP contribution in [0, 0.1) is 5.82 Å². The minimum Gasteiger partial charge on any atom is -0.495 e. The first-order valence-corrected chi connectivity index (χ1v) is 12.3. The summed E-state index contributed by atoms with van der Waals surface area (Å²) in [6.45, 7) is 0. The molecule has 0 radical (unpaired) electrons. The molecule has 2 aromatic carbocycles. The summed E-state index contributed by atoms with van der Waals surface area (Å²) in [5.41, 5.74) is 0.0296. The van der Waals surface area contributed by atoms with Gasteiger partial charge in [0.2, 0.25) is 0 Å². The fourth-order valence-corrected chi connectivity index (χ4v) is 5.14. The van der Waals surface area contributed by atoms with Gasteiger partial charge < -0.3 is 9.26 Å². The fraction of sp³-hybridized carbons (Fsp3) is 0.250. The van der Waals surface area contributed by atoms with Crippen LogP contribution in [0.15, 0.2) is 69.0 Å². The molecule has 12 heteroatoms. The monoisotopic (exact) mass is 524 g/mol. The van der Waals surface area contributed by atoms with Crippen LogP contribution in [0.4, 0.5) is 17.6 Å². The zero-order valence-corrected chi connectivity index (χ0v) is 19.7. The van der Waals surface area contributed by atoms with E-state index in [1.54, 1.807) is 0 Å². The number of rotatable bonds is 8. The van der Waals surface area contributed by atoms with E-state index in [2.05, 4.69) is 9.68 Å². The minimum atomic E-state index is -4.35. The molecule has 0 aliphatic rings. The zero-order valence-electron chi connectivity index (χ0n) is 18.9. The highest BCUT2D eigenvalue weighted by atomic mass is 32.2. The van der Waals surface area contributed by atoms with E-state index in [0.717, 1.165) is 10.6 Å². The van der Waals surface area contributed by atoms with Crippen LogP contribution in [0.3, 0.4) is 0 Å². The van der Waals surface area contributed by atoms with Crippen molar-refractivity contribution in [1.82, 2.24) is 9.72 Å². The maximum Gasteiger partial charge on any atom is 0.389 e. The molecule has 0 unspecified atom stereocenters. The van der Waals surface area contributed by atoms with Crippen molar-refractivity contribution < 1.29 is 35.2 Å². The van der Waals surface area contributed by atoms with Crippen LogP contribution in [0.1, 0.15) is 24.1 Å². The van der Waals surface area contributed by atoms with Gasteiger partial charge in [0.05, 0.1) is 28.9 Å². The molecule has 2 heterocycles. The first kappa shape index (κ1) is 25.4. The number of aryl methyl sites for hydroxylation is 1. The summed E-state index contributed by atoms with van der Waals surface area (Å²) in [5.74, 6) is -1.09. The topological polar surface area (TPSA) is 91.4 Å². The molecule has 4 rings (SSSR count).